The number of ether oxygens (including phenoxy) is 2. The lowest BCUT2D eigenvalue weighted by atomic mass is 9.94. The van der Waals surface area contributed by atoms with Gasteiger partial charge in [-0.1, -0.05) is 6.92 Å². The molecule has 0 spiro atoms. The average Bonchev–Trinajstić information content (AvgIpc) is 2.43. The van der Waals surface area contributed by atoms with Crippen molar-refractivity contribution in [3.8, 4) is 6.01 Å². The van der Waals surface area contributed by atoms with Gasteiger partial charge >= 0.3 is 6.01 Å². The van der Waals surface area contributed by atoms with Crippen molar-refractivity contribution in [2.75, 3.05) is 30.9 Å². The smallest absolute Gasteiger partial charge is 0.323 e. The zero-order chi connectivity index (χ0) is 15.3. The maximum absolute atomic E-state index is 5.72. The van der Waals surface area contributed by atoms with Crippen LogP contribution in [-0.2, 0) is 4.74 Å². The van der Waals surface area contributed by atoms with Crippen LogP contribution in [0.15, 0.2) is 0 Å². The maximum atomic E-state index is 5.72. The quantitative estimate of drug-likeness (QED) is 0.831. The minimum absolute atomic E-state index is 0.115. The molecule has 2 rings (SSSR count). The summed E-state index contributed by atoms with van der Waals surface area (Å²) in [5, 5.41) is 6.30. The molecule has 0 radical (unpaired) electrons. The van der Waals surface area contributed by atoms with Crippen LogP contribution < -0.4 is 15.4 Å². The predicted molar refractivity (Wildman–Crippen MR) is 81.8 cm³/mol. The lowest BCUT2D eigenvalue weighted by molar-refractivity contribution is -0.0554. The monoisotopic (exact) mass is 295 g/mol. The predicted octanol–water partition coefficient (Wildman–Crippen LogP) is 2.07. The second kappa shape index (κ2) is 6.89. The number of nitrogens with zero attached hydrogens (tertiary/aromatic N) is 3. The Labute approximate surface area is 125 Å². The minimum atomic E-state index is -0.115. The molecule has 1 saturated heterocycles. The number of nitrogens with one attached hydrogen (secondary N) is 2. The molecule has 0 saturated carbocycles. The summed E-state index contributed by atoms with van der Waals surface area (Å²) in [6, 6.07) is 0.643. The van der Waals surface area contributed by atoms with Crippen LogP contribution in [0.5, 0.6) is 6.01 Å². The van der Waals surface area contributed by atoms with Gasteiger partial charge in [0.1, 0.15) is 0 Å². The highest BCUT2D eigenvalue weighted by molar-refractivity contribution is 5.36. The molecule has 2 heterocycles. The summed E-state index contributed by atoms with van der Waals surface area (Å²) < 4.78 is 11.2. The van der Waals surface area contributed by atoms with E-state index in [2.05, 4.69) is 39.4 Å². The summed E-state index contributed by atoms with van der Waals surface area (Å²) in [4.78, 5) is 12.9. The fraction of sp³-hybridized carbons (Fsp3) is 0.786. The SMILES string of the molecule is CCCOc1nc(NC)nc(NC2CCOC(C)(C)C2)n1. The Kier molecular flexibility index (Phi) is 5.17. The van der Waals surface area contributed by atoms with Crippen LogP contribution >= 0.6 is 0 Å². The zero-order valence-electron chi connectivity index (χ0n) is 13.3. The number of anilines is 2. The van der Waals surface area contributed by atoms with Gasteiger partial charge in [0.2, 0.25) is 11.9 Å². The molecule has 7 heteroatoms. The molecule has 1 atom stereocenters. The lowest BCUT2D eigenvalue weighted by Crippen LogP contribution is -2.40. The lowest BCUT2D eigenvalue weighted by Gasteiger charge is -2.35. The zero-order valence-corrected chi connectivity index (χ0v) is 13.3. The average molecular weight is 295 g/mol. The Morgan fingerprint density at radius 3 is 2.71 bits per heavy atom. The van der Waals surface area contributed by atoms with Crippen molar-refractivity contribution in [3.05, 3.63) is 0 Å². The Bertz CT molecular complexity index is 467. The Hall–Kier alpha value is -1.63. The molecule has 2 N–H and O–H groups in total. The molecule has 0 aliphatic carbocycles. The molecule has 1 aromatic heterocycles. The summed E-state index contributed by atoms with van der Waals surface area (Å²) in [6.45, 7) is 7.58. The van der Waals surface area contributed by atoms with E-state index in [0.717, 1.165) is 25.9 Å². The van der Waals surface area contributed by atoms with E-state index >= 15 is 0 Å². The van der Waals surface area contributed by atoms with Gasteiger partial charge in [-0.05, 0) is 33.1 Å². The first kappa shape index (κ1) is 15.8. The highest BCUT2D eigenvalue weighted by atomic mass is 16.5. The Morgan fingerprint density at radius 1 is 1.29 bits per heavy atom. The van der Waals surface area contributed by atoms with Gasteiger partial charge in [-0.3, -0.25) is 0 Å². The largest absolute Gasteiger partial charge is 0.463 e. The van der Waals surface area contributed by atoms with Crippen LogP contribution in [0, 0.1) is 0 Å². The van der Waals surface area contributed by atoms with Gasteiger partial charge in [0.05, 0.1) is 12.2 Å². The van der Waals surface area contributed by atoms with E-state index in [1.165, 1.54) is 0 Å². The van der Waals surface area contributed by atoms with Crippen molar-refractivity contribution >= 4 is 11.9 Å². The normalized spacial score (nSPS) is 20.9. The van der Waals surface area contributed by atoms with E-state index in [0.29, 0.717) is 30.6 Å². The highest BCUT2D eigenvalue weighted by Crippen LogP contribution is 2.26. The molecule has 21 heavy (non-hydrogen) atoms. The highest BCUT2D eigenvalue weighted by Gasteiger charge is 2.29. The molecule has 1 fully saturated rings. The first-order valence-electron chi connectivity index (χ1n) is 7.49. The third-order valence-corrected chi connectivity index (χ3v) is 3.30. The maximum Gasteiger partial charge on any atom is 0.323 e. The molecule has 0 amide bonds. The number of aromatic nitrogens is 3. The molecule has 1 unspecified atom stereocenters. The molecule has 1 aromatic rings. The van der Waals surface area contributed by atoms with E-state index < -0.39 is 0 Å². The molecule has 0 bridgehead atoms. The van der Waals surface area contributed by atoms with Crippen LogP contribution in [0.3, 0.4) is 0 Å². The van der Waals surface area contributed by atoms with Gasteiger partial charge in [0, 0.05) is 19.7 Å². The fourth-order valence-corrected chi connectivity index (χ4v) is 2.33. The third-order valence-electron chi connectivity index (χ3n) is 3.30. The first-order chi connectivity index (χ1) is 10.0. The van der Waals surface area contributed by atoms with Crippen LogP contribution in [0.2, 0.25) is 0 Å². The van der Waals surface area contributed by atoms with Gasteiger partial charge in [0.25, 0.3) is 0 Å². The Balaban J connectivity index is 2.07. The van der Waals surface area contributed by atoms with E-state index in [4.69, 9.17) is 9.47 Å². The van der Waals surface area contributed by atoms with Crippen molar-refractivity contribution in [2.24, 2.45) is 0 Å². The molecule has 1 aliphatic heterocycles. The topological polar surface area (TPSA) is 81.2 Å². The van der Waals surface area contributed by atoms with Crippen molar-refractivity contribution < 1.29 is 9.47 Å². The summed E-state index contributed by atoms with van der Waals surface area (Å²) >= 11 is 0. The van der Waals surface area contributed by atoms with Crippen LogP contribution in [0.4, 0.5) is 11.9 Å². The molecule has 118 valence electrons. The molecule has 0 aromatic carbocycles. The summed E-state index contributed by atoms with van der Waals surface area (Å²) in [7, 11) is 1.78. The fourth-order valence-electron chi connectivity index (χ4n) is 2.33. The van der Waals surface area contributed by atoms with Crippen molar-refractivity contribution in [1.82, 2.24) is 15.0 Å². The minimum Gasteiger partial charge on any atom is -0.463 e. The van der Waals surface area contributed by atoms with Gasteiger partial charge in [-0.2, -0.15) is 15.0 Å². The summed E-state index contributed by atoms with van der Waals surface area (Å²) in [6.07, 6.45) is 2.77. The van der Waals surface area contributed by atoms with Gasteiger partial charge in [-0.25, -0.2) is 0 Å². The third kappa shape index (κ3) is 4.70. The van der Waals surface area contributed by atoms with Crippen molar-refractivity contribution in [3.63, 3.8) is 0 Å². The second-order valence-corrected chi connectivity index (χ2v) is 5.81. The van der Waals surface area contributed by atoms with Gasteiger partial charge in [-0.15, -0.1) is 0 Å². The molecule has 7 nitrogen and oxygen atoms in total. The van der Waals surface area contributed by atoms with Crippen LogP contribution in [0.25, 0.3) is 0 Å². The van der Waals surface area contributed by atoms with Gasteiger partial charge in [0.15, 0.2) is 0 Å². The van der Waals surface area contributed by atoms with Crippen LogP contribution in [-0.4, -0.2) is 46.9 Å². The van der Waals surface area contributed by atoms with E-state index in [1.54, 1.807) is 7.05 Å². The molecular formula is C14H25N5O2. The number of hydrogen-bond acceptors (Lipinski definition) is 7. The first-order valence-corrected chi connectivity index (χ1v) is 7.49. The standard InChI is InChI=1S/C14H25N5O2/c1-5-7-20-13-18-11(15-4)17-12(19-13)16-10-6-8-21-14(2,3)9-10/h10H,5-9H2,1-4H3,(H2,15,16,17,18,19). The molecule has 1 aliphatic rings. The summed E-state index contributed by atoms with van der Waals surface area (Å²) in [5.41, 5.74) is -0.115. The Morgan fingerprint density at radius 2 is 2.05 bits per heavy atom. The van der Waals surface area contributed by atoms with Crippen LogP contribution in [0.1, 0.15) is 40.0 Å². The van der Waals surface area contributed by atoms with E-state index in [9.17, 15) is 0 Å². The van der Waals surface area contributed by atoms with Crippen molar-refractivity contribution in [1.29, 1.82) is 0 Å². The molecular weight excluding hydrogens is 270 g/mol. The summed E-state index contributed by atoms with van der Waals surface area (Å²) in [5.74, 6) is 1.05. The number of rotatable bonds is 6. The van der Waals surface area contributed by atoms with E-state index in [1.807, 2.05) is 6.92 Å². The number of hydrogen-bond donors (Lipinski definition) is 2. The second-order valence-electron chi connectivity index (χ2n) is 5.81. The van der Waals surface area contributed by atoms with Gasteiger partial charge < -0.3 is 20.1 Å². The van der Waals surface area contributed by atoms with E-state index in [-0.39, 0.29) is 5.60 Å². The van der Waals surface area contributed by atoms with Crippen molar-refractivity contribution in [2.45, 2.75) is 51.7 Å².